The molecule has 2 aliphatic heterocycles. The predicted octanol–water partition coefficient (Wildman–Crippen LogP) is -0.206. The van der Waals surface area contributed by atoms with E-state index in [1.54, 1.807) is 0 Å². The lowest BCUT2D eigenvalue weighted by Crippen LogP contribution is -2.86. The largest absolute Gasteiger partial charge is 0.378 e. The van der Waals surface area contributed by atoms with Crippen LogP contribution in [0.2, 0.25) is 0 Å². The number of ether oxygens (including phenoxy) is 1. The van der Waals surface area contributed by atoms with E-state index >= 15 is 0 Å². The van der Waals surface area contributed by atoms with Gasteiger partial charge in [0.25, 0.3) is 0 Å². The molecule has 15 heavy (non-hydrogen) atoms. The summed E-state index contributed by atoms with van der Waals surface area (Å²) in [5, 5.41) is 0.966. The van der Waals surface area contributed by atoms with Gasteiger partial charge in [0, 0.05) is 38.7 Å². The quantitative estimate of drug-likeness (QED) is 0.607. The van der Waals surface area contributed by atoms with Crippen LogP contribution in [0.3, 0.4) is 0 Å². The highest BCUT2D eigenvalue weighted by Gasteiger charge is 2.31. The highest BCUT2D eigenvalue weighted by molar-refractivity contribution is 7.97. The first-order chi connectivity index (χ1) is 7.07. The van der Waals surface area contributed by atoms with Crippen LogP contribution in [0, 0.1) is 0 Å². The van der Waals surface area contributed by atoms with Crippen molar-refractivity contribution in [3.05, 3.63) is 11.8 Å². The zero-order valence-corrected chi connectivity index (χ0v) is 10.3. The number of thiol groups is 1. The first-order valence-corrected chi connectivity index (χ1v) is 5.89. The van der Waals surface area contributed by atoms with Crippen LogP contribution in [0.4, 0.5) is 0 Å². The molecule has 0 radical (unpaired) electrons. The summed E-state index contributed by atoms with van der Waals surface area (Å²) < 4.78 is 5.36. The second kappa shape index (κ2) is 4.18. The summed E-state index contributed by atoms with van der Waals surface area (Å²) in [6.45, 7) is 8.10. The Morgan fingerprint density at radius 3 is 2.67 bits per heavy atom. The van der Waals surface area contributed by atoms with Gasteiger partial charge in [-0.05, 0) is 0 Å². The Hall–Kier alpha value is -0.480. The number of nitrogens with zero attached hydrogens (tertiary/aromatic N) is 1. The summed E-state index contributed by atoms with van der Waals surface area (Å²) in [7, 11) is 0. The third-order valence-corrected chi connectivity index (χ3v) is 3.05. The molecule has 0 amide bonds. The molecule has 0 aliphatic carbocycles. The van der Waals surface area contributed by atoms with Gasteiger partial charge in [-0.1, -0.05) is 12.6 Å². The van der Waals surface area contributed by atoms with Gasteiger partial charge in [0.05, 0.1) is 19.6 Å². The van der Waals surface area contributed by atoms with Crippen molar-refractivity contribution in [1.29, 1.82) is 0 Å². The van der Waals surface area contributed by atoms with Gasteiger partial charge in [-0.3, -0.25) is 0 Å². The Morgan fingerprint density at radius 2 is 2.07 bits per heavy atom. The lowest BCUT2D eigenvalue weighted by molar-refractivity contribution is -0.542. The van der Waals surface area contributed by atoms with Crippen LogP contribution in [0.25, 0.3) is 0 Å². The van der Waals surface area contributed by atoms with E-state index in [0.717, 1.165) is 37.8 Å². The van der Waals surface area contributed by atoms with E-state index in [-0.39, 0.29) is 5.54 Å². The van der Waals surface area contributed by atoms with E-state index in [1.807, 2.05) is 0 Å². The summed E-state index contributed by atoms with van der Waals surface area (Å²) in [6, 6.07) is 0. The Labute approximate surface area is 96.6 Å². The third kappa shape index (κ3) is 2.75. The molecule has 84 valence electrons. The van der Waals surface area contributed by atoms with Gasteiger partial charge >= 0.3 is 0 Å². The van der Waals surface area contributed by atoms with Crippen LogP contribution in [-0.4, -0.2) is 41.8 Å². The minimum atomic E-state index is 0.111. The fourth-order valence-electron chi connectivity index (χ4n) is 2.14. The molecule has 0 saturated carbocycles. The van der Waals surface area contributed by atoms with Gasteiger partial charge in [-0.2, -0.15) is 0 Å². The van der Waals surface area contributed by atoms with Crippen molar-refractivity contribution in [3.8, 4) is 0 Å². The predicted molar refractivity (Wildman–Crippen MR) is 64.1 cm³/mol. The summed E-state index contributed by atoms with van der Waals surface area (Å²) in [5.74, 6) is 0. The smallest absolute Gasteiger partial charge is 0.232 e. The van der Waals surface area contributed by atoms with Gasteiger partial charge in [0.15, 0.2) is 5.54 Å². The lowest BCUT2D eigenvalue weighted by atomic mass is 9.96. The Morgan fingerprint density at radius 1 is 1.40 bits per heavy atom. The van der Waals surface area contributed by atoms with Crippen LogP contribution in [0.15, 0.2) is 11.8 Å². The summed E-state index contributed by atoms with van der Waals surface area (Å²) in [5.41, 5.74) is 1.49. The molecule has 0 unspecified atom stereocenters. The zero-order valence-electron chi connectivity index (χ0n) is 9.42. The first-order valence-electron chi connectivity index (χ1n) is 5.44. The van der Waals surface area contributed by atoms with E-state index in [1.165, 1.54) is 5.70 Å². The maximum atomic E-state index is 5.36. The maximum absolute atomic E-state index is 5.36. The molecule has 2 heterocycles. The fraction of sp³-hybridized carbons (Fsp3) is 0.727. The average molecular weight is 227 g/mol. The van der Waals surface area contributed by atoms with Gasteiger partial charge in [-0.25, -0.2) is 4.99 Å². The van der Waals surface area contributed by atoms with Crippen molar-refractivity contribution in [1.82, 2.24) is 4.90 Å². The summed E-state index contributed by atoms with van der Waals surface area (Å²) in [4.78, 5) is 5.78. The van der Waals surface area contributed by atoms with Crippen LogP contribution < -0.4 is 4.99 Å². The highest BCUT2D eigenvalue weighted by Crippen LogP contribution is 2.19. The van der Waals surface area contributed by atoms with Gasteiger partial charge in [0.1, 0.15) is 0 Å². The van der Waals surface area contributed by atoms with Crippen molar-refractivity contribution in [3.63, 3.8) is 0 Å². The molecule has 0 spiro atoms. The maximum Gasteiger partial charge on any atom is 0.232 e. The first kappa shape index (κ1) is 11.0. The van der Waals surface area contributed by atoms with E-state index in [2.05, 4.69) is 42.4 Å². The lowest BCUT2D eigenvalue weighted by Gasteiger charge is -2.34. The van der Waals surface area contributed by atoms with E-state index in [0.29, 0.717) is 0 Å². The SMILES string of the molecule is CC1(C)CC(N2CCOCC2)=CC(S)=[NH+]1. The van der Waals surface area contributed by atoms with Crippen molar-refractivity contribution in [2.24, 2.45) is 0 Å². The van der Waals surface area contributed by atoms with E-state index in [9.17, 15) is 0 Å². The van der Waals surface area contributed by atoms with Crippen LogP contribution in [0.1, 0.15) is 20.3 Å². The minimum Gasteiger partial charge on any atom is -0.378 e. The molecule has 0 aromatic heterocycles. The normalized spacial score (nSPS) is 25.9. The van der Waals surface area contributed by atoms with Gasteiger partial charge < -0.3 is 9.64 Å². The molecule has 4 heteroatoms. The second-order valence-electron chi connectivity index (χ2n) is 4.81. The monoisotopic (exact) mass is 227 g/mol. The molecular formula is C11H19N2OS+. The van der Waals surface area contributed by atoms with E-state index in [4.69, 9.17) is 4.74 Å². The number of hydrogen-bond acceptors (Lipinski definition) is 2. The highest BCUT2D eigenvalue weighted by atomic mass is 32.1. The minimum absolute atomic E-state index is 0.111. The average Bonchev–Trinajstić information content (AvgIpc) is 2.16. The van der Waals surface area contributed by atoms with Crippen molar-refractivity contribution in [2.75, 3.05) is 26.3 Å². The Balaban J connectivity index is 2.12. The molecule has 3 nitrogen and oxygen atoms in total. The zero-order chi connectivity index (χ0) is 10.9. The molecule has 0 atom stereocenters. The molecule has 1 saturated heterocycles. The third-order valence-electron chi connectivity index (χ3n) is 2.81. The van der Waals surface area contributed by atoms with Gasteiger partial charge in [-0.15, -0.1) is 0 Å². The van der Waals surface area contributed by atoms with E-state index < -0.39 is 0 Å². The molecule has 1 fully saturated rings. The summed E-state index contributed by atoms with van der Waals surface area (Å²) >= 11 is 4.42. The van der Waals surface area contributed by atoms with Crippen molar-refractivity contribution < 1.29 is 9.73 Å². The molecule has 0 bridgehead atoms. The molecule has 2 rings (SSSR count). The number of hydrogen-bond donors (Lipinski definition) is 2. The van der Waals surface area contributed by atoms with Gasteiger partial charge in [0.2, 0.25) is 5.04 Å². The number of nitrogens with one attached hydrogen (secondary N) is 1. The number of morpholine rings is 1. The van der Waals surface area contributed by atoms with Crippen LogP contribution in [-0.2, 0) is 4.74 Å². The standard InChI is InChI=1S/C11H18N2OS/c1-11(2)8-9(7-10(15)12-11)13-3-5-14-6-4-13/h7H,3-6,8H2,1-2H3,(H,12,15)/p+1. The fourth-order valence-corrected chi connectivity index (χ4v) is 2.59. The van der Waals surface area contributed by atoms with Crippen LogP contribution >= 0.6 is 12.6 Å². The Kier molecular flexibility index (Phi) is 3.07. The molecule has 2 aliphatic rings. The second-order valence-corrected chi connectivity index (χ2v) is 5.29. The topological polar surface area (TPSA) is 26.4 Å². The van der Waals surface area contributed by atoms with Crippen LogP contribution in [0.5, 0.6) is 0 Å². The summed E-state index contributed by atoms with van der Waals surface area (Å²) in [6.07, 6.45) is 3.19. The van der Waals surface area contributed by atoms with Crippen molar-refractivity contribution in [2.45, 2.75) is 25.8 Å². The molecule has 0 aromatic carbocycles. The Bertz CT molecular complexity index is 304. The molecular weight excluding hydrogens is 208 g/mol. The number of rotatable bonds is 1. The molecule has 0 aromatic rings. The molecule has 1 N–H and O–H groups in total. The van der Waals surface area contributed by atoms with Crippen molar-refractivity contribution >= 4 is 17.7 Å².